The summed E-state index contributed by atoms with van der Waals surface area (Å²) in [6, 6.07) is 11.7. The molecule has 0 radical (unpaired) electrons. The molecule has 2 aromatic rings. The SMILES string of the molecule is COc1ccc(CN2C(=O)CC(C(=O)O)C2c2ccc(Cl)cc2)c(OC)c1. The molecule has 2 aromatic carbocycles. The van der Waals surface area contributed by atoms with Gasteiger partial charge >= 0.3 is 5.97 Å². The number of carboxylic acid groups (broad SMARTS) is 1. The van der Waals surface area contributed by atoms with Crippen LogP contribution in [0.15, 0.2) is 42.5 Å². The number of hydrogen-bond donors (Lipinski definition) is 1. The second-order valence-electron chi connectivity index (χ2n) is 6.34. The van der Waals surface area contributed by atoms with Gasteiger partial charge in [-0.15, -0.1) is 0 Å². The van der Waals surface area contributed by atoms with Gasteiger partial charge in [-0.3, -0.25) is 9.59 Å². The van der Waals surface area contributed by atoms with Gasteiger partial charge in [0, 0.05) is 29.6 Å². The molecular formula is C20H20ClNO5. The lowest BCUT2D eigenvalue weighted by atomic mass is 9.93. The molecule has 1 aliphatic heterocycles. The fourth-order valence-corrected chi connectivity index (χ4v) is 3.56. The molecule has 0 bridgehead atoms. The Kier molecular flexibility index (Phi) is 5.56. The van der Waals surface area contributed by atoms with Crippen molar-refractivity contribution < 1.29 is 24.2 Å². The Morgan fingerprint density at radius 3 is 2.48 bits per heavy atom. The minimum atomic E-state index is -0.993. The summed E-state index contributed by atoms with van der Waals surface area (Å²) < 4.78 is 10.6. The number of hydrogen-bond acceptors (Lipinski definition) is 4. The van der Waals surface area contributed by atoms with Crippen molar-refractivity contribution in [3.8, 4) is 11.5 Å². The first-order chi connectivity index (χ1) is 12.9. The monoisotopic (exact) mass is 389 g/mol. The predicted molar refractivity (Wildman–Crippen MR) is 100 cm³/mol. The Bertz CT molecular complexity index is 852. The minimum Gasteiger partial charge on any atom is -0.497 e. The zero-order valence-corrected chi connectivity index (χ0v) is 15.8. The Balaban J connectivity index is 1.97. The molecule has 27 heavy (non-hydrogen) atoms. The molecule has 6 nitrogen and oxygen atoms in total. The van der Waals surface area contributed by atoms with E-state index in [4.69, 9.17) is 21.1 Å². The van der Waals surface area contributed by atoms with E-state index >= 15 is 0 Å². The van der Waals surface area contributed by atoms with Gasteiger partial charge in [-0.1, -0.05) is 23.7 Å². The average Bonchev–Trinajstić information content (AvgIpc) is 2.99. The lowest BCUT2D eigenvalue weighted by Gasteiger charge is -2.28. The maximum absolute atomic E-state index is 12.6. The van der Waals surface area contributed by atoms with Crippen LogP contribution in [0.3, 0.4) is 0 Å². The molecule has 1 fully saturated rings. The minimum absolute atomic E-state index is 0.0406. The van der Waals surface area contributed by atoms with Crippen molar-refractivity contribution in [3.63, 3.8) is 0 Å². The van der Waals surface area contributed by atoms with Crippen molar-refractivity contribution in [1.82, 2.24) is 4.90 Å². The summed E-state index contributed by atoms with van der Waals surface area (Å²) in [7, 11) is 3.10. The van der Waals surface area contributed by atoms with Gasteiger partial charge in [0.25, 0.3) is 0 Å². The molecule has 142 valence electrons. The summed E-state index contributed by atoms with van der Waals surface area (Å²) in [6.07, 6.45) is -0.0406. The van der Waals surface area contributed by atoms with Gasteiger partial charge in [-0.05, 0) is 29.8 Å². The summed E-state index contributed by atoms with van der Waals surface area (Å²) in [5, 5.41) is 10.2. The van der Waals surface area contributed by atoms with Gasteiger partial charge in [0.1, 0.15) is 11.5 Å². The van der Waals surface area contributed by atoms with Crippen LogP contribution in [0, 0.1) is 5.92 Å². The number of carboxylic acids is 1. The Morgan fingerprint density at radius 1 is 1.19 bits per heavy atom. The largest absolute Gasteiger partial charge is 0.497 e. The van der Waals surface area contributed by atoms with Crippen LogP contribution in [0.25, 0.3) is 0 Å². The molecule has 0 aromatic heterocycles. The third-order valence-corrected chi connectivity index (χ3v) is 5.05. The second-order valence-corrected chi connectivity index (χ2v) is 6.78. The zero-order chi connectivity index (χ0) is 19.6. The van der Waals surface area contributed by atoms with Gasteiger partial charge < -0.3 is 19.5 Å². The highest BCUT2D eigenvalue weighted by Gasteiger charge is 2.44. The van der Waals surface area contributed by atoms with E-state index < -0.39 is 17.9 Å². The van der Waals surface area contributed by atoms with E-state index in [9.17, 15) is 14.7 Å². The smallest absolute Gasteiger partial charge is 0.309 e. The Labute approximate surface area is 162 Å². The van der Waals surface area contributed by atoms with Crippen molar-refractivity contribution in [2.45, 2.75) is 19.0 Å². The first kappa shape index (κ1) is 19.0. The second kappa shape index (κ2) is 7.88. The summed E-state index contributed by atoms with van der Waals surface area (Å²) in [5.74, 6) is -0.799. The van der Waals surface area contributed by atoms with Crippen LogP contribution < -0.4 is 9.47 Å². The molecule has 3 rings (SSSR count). The fourth-order valence-electron chi connectivity index (χ4n) is 3.44. The number of ether oxygens (including phenoxy) is 2. The number of amides is 1. The van der Waals surface area contributed by atoms with Crippen LogP contribution in [0.2, 0.25) is 5.02 Å². The first-order valence-electron chi connectivity index (χ1n) is 8.43. The van der Waals surface area contributed by atoms with Crippen LogP contribution in [-0.2, 0) is 16.1 Å². The lowest BCUT2D eigenvalue weighted by Crippen LogP contribution is -2.30. The molecule has 0 spiro atoms. The third kappa shape index (κ3) is 3.85. The number of likely N-dealkylation sites (tertiary alicyclic amines) is 1. The Morgan fingerprint density at radius 2 is 1.89 bits per heavy atom. The van der Waals surface area contributed by atoms with E-state index in [0.717, 1.165) is 11.1 Å². The number of carbonyl (C=O) groups excluding carboxylic acids is 1. The molecule has 1 saturated heterocycles. The van der Waals surface area contributed by atoms with Crippen molar-refractivity contribution in [3.05, 3.63) is 58.6 Å². The summed E-state index contributed by atoms with van der Waals surface area (Å²) in [6.45, 7) is 0.239. The zero-order valence-electron chi connectivity index (χ0n) is 15.0. The van der Waals surface area contributed by atoms with Crippen molar-refractivity contribution in [1.29, 1.82) is 0 Å². The highest BCUT2D eigenvalue weighted by molar-refractivity contribution is 6.30. The highest BCUT2D eigenvalue weighted by atomic mass is 35.5. The number of benzene rings is 2. The summed E-state index contributed by atoms with van der Waals surface area (Å²) in [4.78, 5) is 26.0. The lowest BCUT2D eigenvalue weighted by molar-refractivity contribution is -0.142. The van der Waals surface area contributed by atoms with Gasteiger partial charge in [0.15, 0.2) is 0 Å². The Hall–Kier alpha value is -2.73. The van der Waals surface area contributed by atoms with E-state index in [1.807, 2.05) is 6.07 Å². The van der Waals surface area contributed by atoms with E-state index in [-0.39, 0.29) is 18.9 Å². The normalized spacial score (nSPS) is 19.2. The molecule has 7 heteroatoms. The summed E-state index contributed by atoms with van der Waals surface area (Å²) >= 11 is 5.95. The van der Waals surface area contributed by atoms with Crippen molar-refractivity contribution in [2.75, 3.05) is 14.2 Å². The van der Waals surface area contributed by atoms with E-state index in [0.29, 0.717) is 16.5 Å². The summed E-state index contributed by atoms with van der Waals surface area (Å²) in [5.41, 5.74) is 1.52. The standard InChI is InChI=1S/C20H20ClNO5/c1-26-15-8-5-13(17(9-15)27-2)11-22-18(23)10-16(20(24)25)19(22)12-3-6-14(21)7-4-12/h3-9,16,19H,10-11H2,1-2H3,(H,24,25). The predicted octanol–water partition coefficient (Wildman–Crippen LogP) is 3.53. The molecule has 1 amide bonds. The van der Waals surface area contributed by atoms with Gasteiger partial charge in [-0.25, -0.2) is 0 Å². The van der Waals surface area contributed by atoms with Crippen molar-refractivity contribution >= 4 is 23.5 Å². The highest BCUT2D eigenvalue weighted by Crippen LogP contribution is 2.40. The number of carbonyl (C=O) groups is 2. The molecule has 1 N–H and O–H groups in total. The average molecular weight is 390 g/mol. The van der Waals surface area contributed by atoms with Gasteiger partial charge in [0.2, 0.25) is 5.91 Å². The van der Waals surface area contributed by atoms with E-state index in [2.05, 4.69) is 0 Å². The van der Waals surface area contributed by atoms with Crippen LogP contribution in [0.1, 0.15) is 23.6 Å². The van der Waals surface area contributed by atoms with E-state index in [1.54, 1.807) is 55.5 Å². The third-order valence-electron chi connectivity index (χ3n) is 4.80. The molecule has 1 aliphatic rings. The van der Waals surface area contributed by atoms with Crippen molar-refractivity contribution in [2.24, 2.45) is 5.92 Å². The van der Waals surface area contributed by atoms with Crippen LogP contribution >= 0.6 is 11.6 Å². The number of nitrogens with zero attached hydrogens (tertiary/aromatic N) is 1. The topological polar surface area (TPSA) is 76.1 Å². The fraction of sp³-hybridized carbons (Fsp3) is 0.300. The maximum Gasteiger partial charge on any atom is 0.309 e. The number of rotatable bonds is 6. The van der Waals surface area contributed by atoms with Crippen LogP contribution in [0.4, 0.5) is 0 Å². The number of aliphatic carboxylic acids is 1. The van der Waals surface area contributed by atoms with E-state index in [1.165, 1.54) is 0 Å². The maximum atomic E-state index is 12.6. The van der Waals surface area contributed by atoms with Crippen LogP contribution in [0.5, 0.6) is 11.5 Å². The molecular weight excluding hydrogens is 370 g/mol. The van der Waals surface area contributed by atoms with Crippen LogP contribution in [-0.4, -0.2) is 36.1 Å². The quantitative estimate of drug-likeness (QED) is 0.817. The molecule has 2 unspecified atom stereocenters. The molecule has 0 aliphatic carbocycles. The molecule has 2 atom stereocenters. The first-order valence-corrected chi connectivity index (χ1v) is 8.81. The molecule has 0 saturated carbocycles. The molecule has 1 heterocycles. The van der Waals surface area contributed by atoms with Gasteiger partial charge in [-0.2, -0.15) is 0 Å². The number of methoxy groups -OCH3 is 2. The van der Waals surface area contributed by atoms with Gasteiger partial charge in [0.05, 0.1) is 26.2 Å². The number of halogens is 1.